The Labute approximate surface area is 93.2 Å². The van der Waals surface area contributed by atoms with E-state index in [4.69, 9.17) is 5.73 Å². The van der Waals surface area contributed by atoms with Crippen molar-refractivity contribution in [3.63, 3.8) is 0 Å². The molecule has 0 bridgehead atoms. The zero-order valence-electron chi connectivity index (χ0n) is 8.68. The maximum absolute atomic E-state index is 11.6. The van der Waals surface area contributed by atoms with Crippen LogP contribution in [-0.4, -0.2) is 29.2 Å². The monoisotopic (exact) mass is 222 g/mol. The van der Waals surface area contributed by atoms with E-state index in [9.17, 15) is 15.0 Å². The first-order valence-electron chi connectivity index (χ1n) is 4.81. The Morgan fingerprint density at radius 2 is 1.94 bits per heavy atom. The molecule has 0 unspecified atom stereocenters. The van der Waals surface area contributed by atoms with Crippen molar-refractivity contribution in [2.45, 2.75) is 0 Å². The third-order valence-electron chi connectivity index (χ3n) is 1.93. The Kier molecular flexibility index (Phi) is 4.35. The van der Waals surface area contributed by atoms with Crippen LogP contribution in [0.5, 0.6) is 11.5 Å². The quantitative estimate of drug-likeness (QED) is 0.552. The molecule has 0 spiro atoms. The average molecular weight is 222 g/mol. The van der Waals surface area contributed by atoms with Gasteiger partial charge in [-0.05, 0) is 12.1 Å². The fraction of sp³-hybridized carbons (Fsp3) is 0.182. The van der Waals surface area contributed by atoms with Crippen LogP contribution in [0.25, 0.3) is 0 Å². The van der Waals surface area contributed by atoms with E-state index in [1.807, 2.05) is 0 Å². The second kappa shape index (κ2) is 5.77. The highest BCUT2D eigenvalue weighted by atomic mass is 16.3. The Morgan fingerprint density at radius 3 is 2.50 bits per heavy atom. The number of aromatic hydroxyl groups is 2. The highest BCUT2D eigenvalue weighted by molar-refractivity contribution is 5.99. The summed E-state index contributed by atoms with van der Waals surface area (Å²) in [6, 6.07) is 4.13. The van der Waals surface area contributed by atoms with E-state index in [0.29, 0.717) is 13.1 Å². The normalized spacial score (nSPS) is 10.6. The summed E-state index contributed by atoms with van der Waals surface area (Å²) in [6.07, 6.45) is 3.39. The smallest absolute Gasteiger partial charge is 0.259 e. The minimum Gasteiger partial charge on any atom is -0.507 e. The van der Waals surface area contributed by atoms with Crippen LogP contribution in [0.4, 0.5) is 0 Å². The van der Waals surface area contributed by atoms with Gasteiger partial charge in [0.2, 0.25) is 0 Å². The summed E-state index contributed by atoms with van der Waals surface area (Å²) in [4.78, 5) is 11.6. The molecule has 0 aliphatic carbocycles. The third-order valence-corrected chi connectivity index (χ3v) is 1.93. The molecule has 0 saturated carbocycles. The second-order valence-corrected chi connectivity index (χ2v) is 3.09. The Balaban J connectivity index is 2.70. The van der Waals surface area contributed by atoms with E-state index < -0.39 is 5.91 Å². The zero-order chi connectivity index (χ0) is 12.0. The summed E-state index contributed by atoms with van der Waals surface area (Å²) in [6.45, 7) is 0.696. The minimum atomic E-state index is -0.530. The first kappa shape index (κ1) is 12.1. The maximum atomic E-state index is 11.6. The first-order chi connectivity index (χ1) is 7.66. The van der Waals surface area contributed by atoms with Crippen molar-refractivity contribution in [3.8, 4) is 11.5 Å². The number of benzene rings is 1. The number of nitrogens with one attached hydrogen (secondary N) is 1. The summed E-state index contributed by atoms with van der Waals surface area (Å²) in [5.41, 5.74) is 5.10. The van der Waals surface area contributed by atoms with Crippen molar-refractivity contribution < 1.29 is 15.0 Å². The molecule has 0 heterocycles. The van der Waals surface area contributed by atoms with E-state index in [2.05, 4.69) is 5.32 Å². The molecule has 1 aromatic rings. The molecular weight excluding hydrogens is 208 g/mol. The van der Waals surface area contributed by atoms with Gasteiger partial charge in [-0.25, -0.2) is 0 Å². The maximum Gasteiger partial charge on any atom is 0.259 e. The number of hydrogen-bond donors (Lipinski definition) is 4. The predicted octanol–water partition coefficient (Wildman–Crippen LogP) is 0.342. The Morgan fingerprint density at radius 1 is 1.31 bits per heavy atom. The molecule has 5 N–H and O–H groups in total. The number of carbonyl (C=O) groups is 1. The molecule has 86 valence electrons. The SMILES string of the molecule is NC/C=C/CNC(=O)c1c(O)cccc1O. The fourth-order valence-corrected chi connectivity index (χ4v) is 1.18. The lowest BCUT2D eigenvalue weighted by Crippen LogP contribution is -2.23. The molecule has 0 radical (unpaired) electrons. The number of phenols is 2. The third kappa shape index (κ3) is 2.99. The summed E-state index contributed by atoms with van der Waals surface area (Å²) in [7, 11) is 0. The number of hydrogen-bond acceptors (Lipinski definition) is 4. The lowest BCUT2D eigenvalue weighted by atomic mass is 10.1. The molecule has 5 heteroatoms. The predicted molar refractivity (Wildman–Crippen MR) is 60.3 cm³/mol. The summed E-state index contributed by atoms with van der Waals surface area (Å²) in [5, 5.41) is 21.3. The zero-order valence-corrected chi connectivity index (χ0v) is 8.68. The number of carbonyl (C=O) groups excluding carboxylic acids is 1. The lowest BCUT2D eigenvalue weighted by molar-refractivity contribution is 0.0952. The van der Waals surface area contributed by atoms with Gasteiger partial charge < -0.3 is 21.3 Å². The molecule has 0 aliphatic rings. The standard InChI is InChI=1S/C11H14N2O3/c12-6-1-2-7-13-11(16)10-8(14)4-3-5-9(10)15/h1-5,14-15H,6-7,12H2,(H,13,16)/b2-1+. The summed E-state index contributed by atoms with van der Waals surface area (Å²) < 4.78 is 0. The van der Waals surface area contributed by atoms with Gasteiger partial charge in [-0.15, -0.1) is 0 Å². The molecule has 0 atom stereocenters. The minimum absolute atomic E-state index is 0.122. The lowest BCUT2D eigenvalue weighted by Gasteiger charge is -2.06. The van der Waals surface area contributed by atoms with Crippen molar-refractivity contribution in [1.82, 2.24) is 5.32 Å². The Bertz CT molecular complexity index is 382. The molecular formula is C11H14N2O3. The van der Waals surface area contributed by atoms with Crippen LogP contribution in [-0.2, 0) is 0 Å². The Hall–Kier alpha value is -2.01. The van der Waals surface area contributed by atoms with E-state index in [-0.39, 0.29) is 17.1 Å². The van der Waals surface area contributed by atoms with Crippen LogP contribution in [0.3, 0.4) is 0 Å². The van der Waals surface area contributed by atoms with Crippen LogP contribution < -0.4 is 11.1 Å². The van der Waals surface area contributed by atoms with Crippen LogP contribution in [0.1, 0.15) is 10.4 Å². The number of rotatable bonds is 4. The van der Waals surface area contributed by atoms with E-state index >= 15 is 0 Å². The van der Waals surface area contributed by atoms with Crippen LogP contribution >= 0.6 is 0 Å². The van der Waals surface area contributed by atoms with Gasteiger partial charge in [0, 0.05) is 13.1 Å². The second-order valence-electron chi connectivity index (χ2n) is 3.09. The molecule has 1 rings (SSSR count). The van der Waals surface area contributed by atoms with Crippen molar-refractivity contribution in [1.29, 1.82) is 0 Å². The van der Waals surface area contributed by atoms with Gasteiger partial charge in [0.25, 0.3) is 5.91 Å². The van der Waals surface area contributed by atoms with E-state index in [1.54, 1.807) is 12.2 Å². The average Bonchev–Trinajstić information content (AvgIpc) is 2.24. The fourth-order valence-electron chi connectivity index (χ4n) is 1.18. The molecule has 1 aromatic carbocycles. The van der Waals surface area contributed by atoms with Crippen molar-refractivity contribution in [2.24, 2.45) is 5.73 Å². The van der Waals surface area contributed by atoms with E-state index in [0.717, 1.165) is 0 Å². The van der Waals surface area contributed by atoms with Gasteiger partial charge in [0.1, 0.15) is 17.1 Å². The molecule has 0 aromatic heterocycles. The summed E-state index contributed by atoms with van der Waals surface area (Å²) in [5.74, 6) is -1.03. The van der Waals surface area contributed by atoms with Crippen molar-refractivity contribution in [3.05, 3.63) is 35.9 Å². The molecule has 5 nitrogen and oxygen atoms in total. The number of nitrogens with two attached hydrogens (primary N) is 1. The largest absolute Gasteiger partial charge is 0.507 e. The van der Waals surface area contributed by atoms with Gasteiger partial charge >= 0.3 is 0 Å². The van der Waals surface area contributed by atoms with Gasteiger partial charge in [-0.1, -0.05) is 18.2 Å². The highest BCUT2D eigenvalue weighted by Gasteiger charge is 2.14. The van der Waals surface area contributed by atoms with Gasteiger partial charge in [-0.2, -0.15) is 0 Å². The first-order valence-corrected chi connectivity index (χ1v) is 4.81. The van der Waals surface area contributed by atoms with Crippen LogP contribution in [0.15, 0.2) is 30.4 Å². The molecule has 0 aliphatic heterocycles. The van der Waals surface area contributed by atoms with Crippen molar-refractivity contribution in [2.75, 3.05) is 13.1 Å². The van der Waals surface area contributed by atoms with Crippen molar-refractivity contribution >= 4 is 5.91 Å². The van der Waals surface area contributed by atoms with E-state index in [1.165, 1.54) is 18.2 Å². The topological polar surface area (TPSA) is 95.6 Å². The molecule has 0 saturated heterocycles. The van der Waals surface area contributed by atoms with Gasteiger partial charge in [0.15, 0.2) is 0 Å². The number of phenolic OH excluding ortho intramolecular Hbond substituents is 2. The molecule has 0 fully saturated rings. The summed E-state index contributed by atoms with van der Waals surface area (Å²) >= 11 is 0. The molecule has 16 heavy (non-hydrogen) atoms. The molecule has 1 amide bonds. The number of amides is 1. The highest BCUT2D eigenvalue weighted by Crippen LogP contribution is 2.25. The van der Waals surface area contributed by atoms with Gasteiger partial charge in [0.05, 0.1) is 0 Å². The van der Waals surface area contributed by atoms with Crippen LogP contribution in [0, 0.1) is 0 Å². The van der Waals surface area contributed by atoms with Gasteiger partial charge in [-0.3, -0.25) is 4.79 Å². The van der Waals surface area contributed by atoms with Crippen LogP contribution in [0.2, 0.25) is 0 Å².